The van der Waals surface area contributed by atoms with Gasteiger partial charge in [-0.15, -0.1) is 0 Å². The van der Waals surface area contributed by atoms with Gasteiger partial charge in [-0.25, -0.2) is 0 Å². The van der Waals surface area contributed by atoms with Crippen LogP contribution < -0.4 is 5.32 Å². The molecule has 1 amide bonds. The van der Waals surface area contributed by atoms with Gasteiger partial charge in [0.25, 0.3) is 0 Å². The van der Waals surface area contributed by atoms with Crippen molar-refractivity contribution in [2.24, 2.45) is 0 Å². The molecular formula is C23H31N3O. The number of amides is 1. The molecule has 1 N–H and O–H groups in total. The summed E-state index contributed by atoms with van der Waals surface area (Å²) < 4.78 is 0. The molecule has 2 aromatic rings. The third-order valence-corrected chi connectivity index (χ3v) is 5.23. The molecule has 0 saturated carbocycles. The Morgan fingerprint density at radius 1 is 0.926 bits per heavy atom. The van der Waals surface area contributed by atoms with E-state index < -0.39 is 0 Å². The second-order valence-corrected chi connectivity index (χ2v) is 7.64. The highest BCUT2D eigenvalue weighted by atomic mass is 16.1. The number of nitrogens with one attached hydrogen (secondary N) is 1. The predicted molar refractivity (Wildman–Crippen MR) is 112 cm³/mol. The molecule has 1 heterocycles. The summed E-state index contributed by atoms with van der Waals surface area (Å²) in [7, 11) is 0. The Kier molecular flexibility index (Phi) is 7.02. The highest BCUT2D eigenvalue weighted by molar-refractivity contribution is 5.91. The highest BCUT2D eigenvalue weighted by Gasteiger charge is 2.18. The van der Waals surface area contributed by atoms with Crippen molar-refractivity contribution in [1.82, 2.24) is 9.80 Å². The zero-order chi connectivity index (χ0) is 19.1. The van der Waals surface area contributed by atoms with E-state index in [2.05, 4.69) is 65.4 Å². The lowest BCUT2D eigenvalue weighted by Crippen LogP contribution is -2.46. The fraction of sp³-hybridized carbons (Fsp3) is 0.435. The second kappa shape index (κ2) is 9.67. The van der Waals surface area contributed by atoms with Crippen LogP contribution in [0.25, 0.3) is 0 Å². The molecule has 0 spiro atoms. The SMILES string of the molecule is CC(C)c1ccccc1NC(=O)CCN1CCN(Cc2ccccc2)CC1. The minimum absolute atomic E-state index is 0.106. The molecule has 1 fully saturated rings. The topological polar surface area (TPSA) is 35.6 Å². The van der Waals surface area contributed by atoms with Crippen molar-refractivity contribution in [3.8, 4) is 0 Å². The maximum atomic E-state index is 12.4. The smallest absolute Gasteiger partial charge is 0.225 e. The number of para-hydroxylation sites is 1. The van der Waals surface area contributed by atoms with Gasteiger partial charge < -0.3 is 10.2 Å². The maximum absolute atomic E-state index is 12.4. The summed E-state index contributed by atoms with van der Waals surface area (Å²) in [6, 6.07) is 18.7. The van der Waals surface area contributed by atoms with Crippen LogP contribution in [0.5, 0.6) is 0 Å². The Hall–Kier alpha value is -2.17. The molecule has 4 nitrogen and oxygen atoms in total. The van der Waals surface area contributed by atoms with Crippen LogP contribution in [0.4, 0.5) is 5.69 Å². The molecule has 1 aliphatic heterocycles. The summed E-state index contributed by atoms with van der Waals surface area (Å²) >= 11 is 0. The number of hydrogen-bond donors (Lipinski definition) is 1. The van der Waals surface area contributed by atoms with Crippen molar-refractivity contribution in [3.63, 3.8) is 0 Å². The van der Waals surface area contributed by atoms with Crippen molar-refractivity contribution in [2.45, 2.75) is 32.7 Å². The molecule has 0 atom stereocenters. The minimum Gasteiger partial charge on any atom is -0.326 e. The molecule has 0 aliphatic carbocycles. The van der Waals surface area contributed by atoms with Crippen LogP contribution in [-0.2, 0) is 11.3 Å². The number of hydrogen-bond acceptors (Lipinski definition) is 3. The van der Waals surface area contributed by atoms with Crippen LogP contribution in [0.3, 0.4) is 0 Å². The zero-order valence-electron chi connectivity index (χ0n) is 16.5. The lowest BCUT2D eigenvalue weighted by atomic mass is 10.0. The van der Waals surface area contributed by atoms with Crippen LogP contribution in [0.15, 0.2) is 54.6 Å². The fourth-order valence-electron chi connectivity index (χ4n) is 3.60. The number of carbonyl (C=O) groups excluding carboxylic acids is 1. The van der Waals surface area contributed by atoms with E-state index in [4.69, 9.17) is 0 Å². The van der Waals surface area contributed by atoms with E-state index >= 15 is 0 Å². The first-order chi connectivity index (χ1) is 13.1. The molecule has 1 saturated heterocycles. The Morgan fingerprint density at radius 2 is 1.56 bits per heavy atom. The molecular weight excluding hydrogens is 334 g/mol. The quantitative estimate of drug-likeness (QED) is 0.807. The van der Waals surface area contributed by atoms with Crippen LogP contribution >= 0.6 is 0 Å². The Bertz CT molecular complexity index is 721. The molecule has 0 radical (unpaired) electrons. The summed E-state index contributed by atoms with van der Waals surface area (Å²) in [6.07, 6.45) is 0.547. The van der Waals surface area contributed by atoms with Gasteiger partial charge in [-0.05, 0) is 23.1 Å². The predicted octanol–water partition coefficient (Wildman–Crippen LogP) is 3.96. The van der Waals surface area contributed by atoms with Gasteiger partial charge in [0.05, 0.1) is 0 Å². The van der Waals surface area contributed by atoms with Gasteiger partial charge in [0, 0.05) is 51.4 Å². The first-order valence-corrected chi connectivity index (χ1v) is 9.99. The van der Waals surface area contributed by atoms with E-state index in [9.17, 15) is 4.79 Å². The average Bonchev–Trinajstić information content (AvgIpc) is 2.68. The third-order valence-electron chi connectivity index (χ3n) is 5.23. The van der Waals surface area contributed by atoms with Gasteiger partial charge in [-0.2, -0.15) is 0 Å². The van der Waals surface area contributed by atoms with Gasteiger partial charge in [0.15, 0.2) is 0 Å². The average molecular weight is 366 g/mol. The molecule has 27 heavy (non-hydrogen) atoms. The standard InChI is InChI=1S/C23H31N3O/c1-19(2)21-10-6-7-11-22(21)24-23(27)12-13-25-14-16-26(17-15-25)18-20-8-4-3-5-9-20/h3-11,19H,12-18H2,1-2H3,(H,24,27). The van der Waals surface area contributed by atoms with Gasteiger partial charge in [-0.3, -0.25) is 9.69 Å². The van der Waals surface area contributed by atoms with Crippen LogP contribution in [-0.4, -0.2) is 48.4 Å². The number of benzene rings is 2. The number of piperazine rings is 1. The van der Waals surface area contributed by atoms with Crippen LogP contribution in [0, 0.1) is 0 Å². The van der Waals surface area contributed by atoms with E-state index in [-0.39, 0.29) is 5.91 Å². The van der Waals surface area contributed by atoms with E-state index in [0.29, 0.717) is 12.3 Å². The van der Waals surface area contributed by atoms with Gasteiger partial charge >= 0.3 is 0 Å². The van der Waals surface area contributed by atoms with E-state index in [1.165, 1.54) is 11.1 Å². The largest absolute Gasteiger partial charge is 0.326 e. The van der Waals surface area contributed by atoms with Crippen molar-refractivity contribution in [2.75, 3.05) is 38.0 Å². The van der Waals surface area contributed by atoms with E-state index in [1.807, 2.05) is 18.2 Å². The summed E-state index contributed by atoms with van der Waals surface area (Å²) in [5, 5.41) is 3.10. The summed E-state index contributed by atoms with van der Waals surface area (Å²) in [4.78, 5) is 17.3. The van der Waals surface area contributed by atoms with Crippen LogP contribution in [0.1, 0.15) is 37.3 Å². The number of nitrogens with zero attached hydrogens (tertiary/aromatic N) is 2. The first kappa shape index (κ1) is 19.6. The Morgan fingerprint density at radius 3 is 2.26 bits per heavy atom. The molecule has 3 rings (SSSR count). The van der Waals surface area contributed by atoms with Crippen molar-refractivity contribution in [1.29, 1.82) is 0 Å². The lowest BCUT2D eigenvalue weighted by molar-refractivity contribution is -0.116. The maximum Gasteiger partial charge on any atom is 0.225 e. The summed E-state index contributed by atoms with van der Waals surface area (Å²) in [5.74, 6) is 0.508. The second-order valence-electron chi connectivity index (χ2n) is 7.64. The summed E-state index contributed by atoms with van der Waals surface area (Å²) in [5.41, 5.74) is 3.51. The first-order valence-electron chi connectivity index (χ1n) is 9.99. The number of carbonyl (C=O) groups is 1. The minimum atomic E-state index is 0.106. The Balaban J connectivity index is 1.40. The normalized spacial score (nSPS) is 15.8. The number of rotatable bonds is 7. The third kappa shape index (κ3) is 5.91. The molecule has 1 aliphatic rings. The fourth-order valence-corrected chi connectivity index (χ4v) is 3.60. The van der Waals surface area contributed by atoms with Crippen LogP contribution in [0.2, 0.25) is 0 Å². The van der Waals surface area contributed by atoms with Crippen molar-refractivity contribution >= 4 is 11.6 Å². The van der Waals surface area contributed by atoms with Crippen molar-refractivity contribution < 1.29 is 4.79 Å². The molecule has 2 aromatic carbocycles. The van der Waals surface area contributed by atoms with Crippen molar-refractivity contribution in [3.05, 3.63) is 65.7 Å². The van der Waals surface area contributed by atoms with E-state index in [1.54, 1.807) is 0 Å². The van der Waals surface area contributed by atoms with E-state index in [0.717, 1.165) is 45.0 Å². The molecule has 144 valence electrons. The lowest BCUT2D eigenvalue weighted by Gasteiger charge is -2.34. The van der Waals surface area contributed by atoms with Gasteiger partial charge in [0.1, 0.15) is 0 Å². The molecule has 4 heteroatoms. The number of anilines is 1. The summed E-state index contributed by atoms with van der Waals surface area (Å²) in [6.45, 7) is 10.3. The molecule has 0 unspecified atom stereocenters. The molecule has 0 bridgehead atoms. The molecule has 0 aromatic heterocycles. The highest BCUT2D eigenvalue weighted by Crippen LogP contribution is 2.23. The monoisotopic (exact) mass is 365 g/mol. The Labute approximate surface area is 163 Å². The van der Waals surface area contributed by atoms with Gasteiger partial charge in [-0.1, -0.05) is 62.4 Å². The van der Waals surface area contributed by atoms with Gasteiger partial charge in [0.2, 0.25) is 5.91 Å². The zero-order valence-corrected chi connectivity index (χ0v) is 16.5.